The number of nitrogens with zero attached hydrogens (tertiary/aromatic N) is 2. The maximum absolute atomic E-state index is 12.9. The number of ether oxygens (including phenoxy) is 2. The quantitative estimate of drug-likeness (QED) is 0.754. The molecule has 2 heterocycles. The van der Waals surface area contributed by atoms with Crippen LogP contribution in [0.25, 0.3) is 10.9 Å². The highest BCUT2D eigenvalue weighted by atomic mass is 16.5. The van der Waals surface area contributed by atoms with Crippen LogP contribution in [0.4, 0.5) is 0 Å². The molecular weight excluding hydrogens is 320 g/mol. The summed E-state index contributed by atoms with van der Waals surface area (Å²) >= 11 is 0. The molecule has 1 aliphatic heterocycles. The third-order valence-electron chi connectivity index (χ3n) is 4.37. The van der Waals surface area contributed by atoms with Gasteiger partial charge >= 0.3 is 5.97 Å². The minimum Gasteiger partial charge on any atom is -0.469 e. The van der Waals surface area contributed by atoms with E-state index in [4.69, 9.17) is 4.74 Å². The van der Waals surface area contributed by atoms with Crippen molar-refractivity contribution in [1.82, 2.24) is 9.88 Å². The number of methoxy groups -OCH3 is 1. The van der Waals surface area contributed by atoms with E-state index < -0.39 is 0 Å². The van der Waals surface area contributed by atoms with Crippen molar-refractivity contribution in [2.75, 3.05) is 26.8 Å². The SMILES string of the molecule is COC(=O)CCN(CC1CCCO1)C(=O)c1ccc2ccccc2n1. The topological polar surface area (TPSA) is 68.7 Å². The van der Waals surface area contributed by atoms with Crippen molar-refractivity contribution in [3.8, 4) is 0 Å². The van der Waals surface area contributed by atoms with E-state index in [1.807, 2.05) is 30.3 Å². The predicted octanol–water partition coefficient (Wildman–Crippen LogP) is 2.42. The zero-order valence-electron chi connectivity index (χ0n) is 14.3. The second-order valence-corrected chi connectivity index (χ2v) is 6.10. The van der Waals surface area contributed by atoms with Gasteiger partial charge in [0.05, 0.1) is 25.2 Å². The molecule has 6 nitrogen and oxygen atoms in total. The van der Waals surface area contributed by atoms with E-state index in [1.54, 1.807) is 11.0 Å². The molecule has 1 fully saturated rings. The summed E-state index contributed by atoms with van der Waals surface area (Å²) in [6.07, 6.45) is 2.09. The molecule has 1 unspecified atom stereocenters. The number of hydrogen-bond acceptors (Lipinski definition) is 5. The number of benzene rings is 1. The highest BCUT2D eigenvalue weighted by Gasteiger charge is 2.24. The average Bonchev–Trinajstić information content (AvgIpc) is 3.17. The summed E-state index contributed by atoms with van der Waals surface area (Å²) in [5.41, 5.74) is 1.15. The van der Waals surface area contributed by atoms with Crippen LogP contribution in [0.2, 0.25) is 0 Å². The molecule has 0 spiro atoms. The molecule has 132 valence electrons. The molecule has 1 amide bonds. The zero-order valence-corrected chi connectivity index (χ0v) is 14.3. The summed E-state index contributed by atoms with van der Waals surface area (Å²) in [5.74, 6) is -0.526. The van der Waals surface area contributed by atoms with Crippen LogP contribution in [0.1, 0.15) is 29.8 Å². The molecule has 0 bridgehead atoms. The van der Waals surface area contributed by atoms with Crippen LogP contribution in [0.15, 0.2) is 36.4 Å². The van der Waals surface area contributed by atoms with Crippen molar-refractivity contribution in [2.24, 2.45) is 0 Å². The highest BCUT2D eigenvalue weighted by molar-refractivity contribution is 5.95. The number of fused-ring (bicyclic) bond motifs is 1. The Labute approximate surface area is 146 Å². The average molecular weight is 342 g/mol. The second kappa shape index (κ2) is 8.07. The fraction of sp³-hybridized carbons (Fsp3) is 0.421. The minimum atomic E-state index is -0.336. The lowest BCUT2D eigenvalue weighted by atomic mass is 10.1. The van der Waals surface area contributed by atoms with Crippen molar-refractivity contribution in [1.29, 1.82) is 0 Å². The van der Waals surface area contributed by atoms with Crippen LogP contribution in [0.5, 0.6) is 0 Å². The molecule has 2 aromatic rings. The first-order valence-electron chi connectivity index (χ1n) is 8.51. The van der Waals surface area contributed by atoms with Gasteiger partial charge in [-0.05, 0) is 25.0 Å². The Morgan fingerprint density at radius 3 is 2.88 bits per heavy atom. The van der Waals surface area contributed by atoms with Crippen molar-refractivity contribution < 1.29 is 19.1 Å². The standard InChI is InChI=1S/C19H22N2O4/c1-24-18(22)10-11-21(13-15-6-4-12-25-15)19(23)17-9-8-14-5-2-3-7-16(14)20-17/h2-3,5,7-9,15H,4,6,10-13H2,1H3. The lowest BCUT2D eigenvalue weighted by molar-refractivity contribution is -0.140. The number of carbonyl (C=O) groups is 2. The Balaban J connectivity index is 1.78. The first-order valence-corrected chi connectivity index (χ1v) is 8.51. The molecule has 0 saturated carbocycles. The van der Waals surface area contributed by atoms with Crippen molar-refractivity contribution in [3.63, 3.8) is 0 Å². The Morgan fingerprint density at radius 1 is 1.28 bits per heavy atom. The number of aromatic nitrogens is 1. The number of rotatable bonds is 6. The van der Waals surface area contributed by atoms with E-state index >= 15 is 0 Å². The molecule has 0 N–H and O–H groups in total. The van der Waals surface area contributed by atoms with Crippen molar-refractivity contribution in [3.05, 3.63) is 42.1 Å². The molecule has 0 radical (unpaired) electrons. The van der Waals surface area contributed by atoms with Crippen molar-refractivity contribution in [2.45, 2.75) is 25.4 Å². The summed E-state index contributed by atoms with van der Waals surface area (Å²) in [4.78, 5) is 30.5. The van der Waals surface area contributed by atoms with Crippen LogP contribution in [-0.4, -0.2) is 54.7 Å². The van der Waals surface area contributed by atoms with Gasteiger partial charge in [-0.25, -0.2) is 4.98 Å². The van der Waals surface area contributed by atoms with E-state index in [0.717, 1.165) is 30.4 Å². The summed E-state index contributed by atoms with van der Waals surface area (Å²) < 4.78 is 10.3. The molecule has 3 rings (SSSR count). The maximum Gasteiger partial charge on any atom is 0.307 e. The van der Waals surface area contributed by atoms with Gasteiger partial charge in [-0.2, -0.15) is 0 Å². The van der Waals surface area contributed by atoms with Gasteiger partial charge in [0, 0.05) is 25.1 Å². The Kier molecular flexibility index (Phi) is 5.60. The van der Waals surface area contributed by atoms with E-state index in [0.29, 0.717) is 18.8 Å². The van der Waals surface area contributed by atoms with Gasteiger partial charge in [-0.15, -0.1) is 0 Å². The number of amides is 1. The van der Waals surface area contributed by atoms with Crippen LogP contribution in [0.3, 0.4) is 0 Å². The molecule has 1 aromatic heterocycles. The zero-order chi connectivity index (χ0) is 17.6. The molecular formula is C19H22N2O4. The summed E-state index contributed by atoms with van der Waals surface area (Å²) in [6, 6.07) is 11.3. The van der Waals surface area contributed by atoms with Gasteiger partial charge in [0.15, 0.2) is 0 Å². The lowest BCUT2D eigenvalue weighted by Gasteiger charge is -2.25. The smallest absolute Gasteiger partial charge is 0.307 e. The Hall–Kier alpha value is -2.47. The number of carbonyl (C=O) groups excluding carboxylic acids is 2. The van der Waals surface area contributed by atoms with E-state index in [1.165, 1.54) is 7.11 Å². The van der Waals surface area contributed by atoms with Gasteiger partial charge in [-0.1, -0.05) is 24.3 Å². The van der Waals surface area contributed by atoms with Gasteiger partial charge in [0.2, 0.25) is 0 Å². The number of para-hydroxylation sites is 1. The van der Waals surface area contributed by atoms with Crippen molar-refractivity contribution >= 4 is 22.8 Å². The van der Waals surface area contributed by atoms with Gasteiger partial charge in [0.25, 0.3) is 5.91 Å². The largest absolute Gasteiger partial charge is 0.469 e. The van der Waals surface area contributed by atoms with Crippen LogP contribution >= 0.6 is 0 Å². The number of hydrogen-bond donors (Lipinski definition) is 0. The molecule has 25 heavy (non-hydrogen) atoms. The van der Waals surface area contributed by atoms with Crippen LogP contribution in [0, 0.1) is 0 Å². The molecule has 0 aliphatic carbocycles. The number of esters is 1. The third kappa shape index (κ3) is 4.33. The van der Waals surface area contributed by atoms with E-state index in [2.05, 4.69) is 9.72 Å². The van der Waals surface area contributed by atoms with E-state index in [9.17, 15) is 9.59 Å². The molecule has 1 aromatic carbocycles. The maximum atomic E-state index is 12.9. The van der Waals surface area contributed by atoms with Crippen LogP contribution < -0.4 is 0 Å². The Morgan fingerprint density at radius 2 is 2.12 bits per heavy atom. The molecule has 1 atom stereocenters. The van der Waals surface area contributed by atoms with Gasteiger partial charge < -0.3 is 14.4 Å². The summed E-state index contributed by atoms with van der Waals surface area (Å²) in [6.45, 7) is 1.47. The minimum absolute atomic E-state index is 0.0158. The molecule has 1 saturated heterocycles. The van der Waals surface area contributed by atoms with Gasteiger partial charge in [-0.3, -0.25) is 9.59 Å². The highest BCUT2D eigenvalue weighted by Crippen LogP contribution is 2.17. The van der Waals surface area contributed by atoms with E-state index in [-0.39, 0.29) is 24.4 Å². The monoisotopic (exact) mass is 342 g/mol. The first kappa shape index (κ1) is 17.4. The molecule has 1 aliphatic rings. The third-order valence-corrected chi connectivity index (χ3v) is 4.37. The fourth-order valence-corrected chi connectivity index (χ4v) is 2.99. The van der Waals surface area contributed by atoms with Crippen LogP contribution in [-0.2, 0) is 14.3 Å². The predicted molar refractivity (Wildman–Crippen MR) is 93.3 cm³/mol. The lowest BCUT2D eigenvalue weighted by Crippen LogP contribution is -2.39. The summed E-state index contributed by atoms with van der Waals surface area (Å²) in [5, 5.41) is 0.985. The number of pyridine rings is 1. The Bertz CT molecular complexity index is 756. The summed E-state index contributed by atoms with van der Waals surface area (Å²) in [7, 11) is 1.35. The molecule has 6 heteroatoms. The normalized spacial score (nSPS) is 16.8. The first-order chi connectivity index (χ1) is 12.2. The second-order valence-electron chi connectivity index (χ2n) is 6.10. The van der Waals surface area contributed by atoms with Gasteiger partial charge in [0.1, 0.15) is 5.69 Å². The fourth-order valence-electron chi connectivity index (χ4n) is 2.99.